The molecule has 0 fully saturated rings. The third kappa shape index (κ3) is 1.79. The number of nitriles is 1. The molecule has 17 heavy (non-hydrogen) atoms. The highest BCUT2D eigenvalue weighted by Crippen LogP contribution is 2.27. The third-order valence-electron chi connectivity index (χ3n) is 2.24. The van der Waals surface area contributed by atoms with Crippen molar-refractivity contribution < 1.29 is 4.92 Å². The molecule has 0 aliphatic heterocycles. The molecule has 1 aromatic carbocycles. The van der Waals surface area contributed by atoms with Gasteiger partial charge in [0.1, 0.15) is 11.8 Å². The smallest absolute Gasteiger partial charge is 0.293 e. The van der Waals surface area contributed by atoms with Gasteiger partial charge in [-0.2, -0.15) is 5.26 Å². The molecule has 0 saturated carbocycles. The summed E-state index contributed by atoms with van der Waals surface area (Å²) in [5.41, 5.74) is 5.94. The average molecular weight is 229 g/mol. The van der Waals surface area contributed by atoms with Gasteiger partial charge in [0.25, 0.3) is 5.69 Å². The number of benzene rings is 1. The number of hydrogen-bond acceptors (Lipinski definition) is 5. The van der Waals surface area contributed by atoms with Crippen molar-refractivity contribution in [3.63, 3.8) is 0 Å². The molecule has 0 saturated heterocycles. The second-order valence-corrected chi connectivity index (χ2v) is 3.27. The molecule has 0 spiro atoms. The van der Waals surface area contributed by atoms with Crippen LogP contribution in [0.5, 0.6) is 0 Å². The monoisotopic (exact) mass is 229 g/mol. The second kappa shape index (κ2) is 3.94. The van der Waals surface area contributed by atoms with Gasteiger partial charge in [-0.1, -0.05) is 0 Å². The molecule has 84 valence electrons. The number of nitrogens with two attached hydrogens (primary N) is 1. The number of aromatic nitrogens is 2. The van der Waals surface area contributed by atoms with Crippen molar-refractivity contribution in [2.75, 3.05) is 5.73 Å². The van der Waals surface area contributed by atoms with Crippen LogP contribution in [0.25, 0.3) is 5.69 Å². The topological polar surface area (TPSA) is 111 Å². The van der Waals surface area contributed by atoms with E-state index in [0.29, 0.717) is 5.69 Å². The van der Waals surface area contributed by atoms with Gasteiger partial charge in [0, 0.05) is 18.5 Å². The number of nitrogen functional groups attached to an aromatic ring is 1. The van der Waals surface area contributed by atoms with E-state index in [9.17, 15) is 10.1 Å². The first-order valence-electron chi connectivity index (χ1n) is 4.60. The molecule has 7 nitrogen and oxygen atoms in total. The number of nitro groups is 1. The lowest BCUT2D eigenvalue weighted by molar-refractivity contribution is -0.383. The lowest BCUT2D eigenvalue weighted by Gasteiger charge is -2.06. The number of rotatable bonds is 2. The second-order valence-electron chi connectivity index (χ2n) is 3.27. The first-order chi connectivity index (χ1) is 8.13. The van der Waals surface area contributed by atoms with Crippen molar-refractivity contribution in [1.29, 1.82) is 5.26 Å². The van der Waals surface area contributed by atoms with E-state index in [4.69, 9.17) is 11.0 Å². The Morgan fingerprint density at radius 1 is 1.53 bits per heavy atom. The number of imidazole rings is 1. The molecule has 0 aliphatic rings. The van der Waals surface area contributed by atoms with Crippen molar-refractivity contribution in [1.82, 2.24) is 9.55 Å². The maximum Gasteiger partial charge on any atom is 0.293 e. The highest BCUT2D eigenvalue weighted by atomic mass is 16.6. The summed E-state index contributed by atoms with van der Waals surface area (Å²) in [5.74, 6) is 0. The summed E-state index contributed by atoms with van der Waals surface area (Å²) in [6.07, 6.45) is 4.65. The van der Waals surface area contributed by atoms with Crippen molar-refractivity contribution in [2.24, 2.45) is 0 Å². The highest BCUT2D eigenvalue weighted by molar-refractivity contribution is 5.68. The molecule has 0 bridgehead atoms. The molecule has 0 amide bonds. The molecule has 0 radical (unpaired) electrons. The molecular weight excluding hydrogens is 222 g/mol. The summed E-state index contributed by atoms with van der Waals surface area (Å²) in [5, 5.41) is 19.7. The van der Waals surface area contributed by atoms with Gasteiger partial charge in [-0.15, -0.1) is 0 Å². The first kappa shape index (κ1) is 10.6. The normalized spacial score (nSPS) is 9.82. The Bertz CT molecular complexity index is 612. The molecule has 1 heterocycles. The van der Waals surface area contributed by atoms with Crippen LogP contribution in [0.1, 0.15) is 5.56 Å². The molecule has 2 aromatic rings. The van der Waals surface area contributed by atoms with Crippen LogP contribution < -0.4 is 5.73 Å². The Hall–Kier alpha value is -2.88. The van der Waals surface area contributed by atoms with Gasteiger partial charge in [-0.25, -0.2) is 4.98 Å². The first-order valence-corrected chi connectivity index (χ1v) is 4.60. The summed E-state index contributed by atoms with van der Waals surface area (Å²) >= 11 is 0. The zero-order valence-electron chi connectivity index (χ0n) is 8.57. The van der Waals surface area contributed by atoms with Gasteiger partial charge in [-0.3, -0.25) is 10.1 Å². The van der Waals surface area contributed by atoms with Gasteiger partial charge in [-0.05, 0) is 6.07 Å². The van der Waals surface area contributed by atoms with Crippen LogP contribution in [0.4, 0.5) is 11.4 Å². The van der Waals surface area contributed by atoms with Gasteiger partial charge in [0.2, 0.25) is 0 Å². The van der Waals surface area contributed by atoms with E-state index in [0.717, 1.165) is 6.07 Å². The molecule has 2 N–H and O–H groups in total. The SMILES string of the molecule is N#Cc1cc([N+](=O)[O-])c(N)cc1-n1ccnc1. The standard InChI is InChI=1S/C10H7N5O2/c11-5-7-3-10(15(16)17)8(12)4-9(7)14-2-1-13-6-14/h1-4,6H,12H2. The predicted octanol–water partition coefficient (Wildman–Crippen LogP) is 1.23. The minimum absolute atomic E-state index is 0.0118. The average Bonchev–Trinajstić information content (AvgIpc) is 2.81. The largest absolute Gasteiger partial charge is 0.393 e. The quantitative estimate of drug-likeness (QED) is 0.473. The lowest BCUT2D eigenvalue weighted by Crippen LogP contribution is -2.01. The molecule has 1 aromatic heterocycles. The summed E-state index contributed by atoms with van der Waals surface area (Å²) in [4.78, 5) is 13.9. The summed E-state index contributed by atoms with van der Waals surface area (Å²) < 4.78 is 1.57. The number of nitro benzene ring substituents is 1. The minimum atomic E-state index is -0.617. The zero-order valence-corrected chi connectivity index (χ0v) is 8.57. The number of anilines is 1. The van der Waals surface area contributed by atoms with Gasteiger partial charge in [0.15, 0.2) is 0 Å². The van der Waals surface area contributed by atoms with Crippen molar-refractivity contribution in [3.8, 4) is 11.8 Å². The lowest BCUT2D eigenvalue weighted by atomic mass is 10.1. The zero-order chi connectivity index (χ0) is 12.4. The fraction of sp³-hybridized carbons (Fsp3) is 0. The van der Waals surface area contributed by atoms with E-state index < -0.39 is 4.92 Å². The maximum absolute atomic E-state index is 10.7. The third-order valence-corrected chi connectivity index (χ3v) is 2.24. The molecule has 0 unspecified atom stereocenters. The Balaban J connectivity index is 2.67. The highest BCUT2D eigenvalue weighted by Gasteiger charge is 2.16. The van der Waals surface area contributed by atoms with Crippen LogP contribution in [-0.2, 0) is 0 Å². The van der Waals surface area contributed by atoms with Crippen molar-refractivity contribution >= 4 is 11.4 Å². The van der Waals surface area contributed by atoms with E-state index in [1.54, 1.807) is 17.0 Å². The van der Waals surface area contributed by atoms with Crippen molar-refractivity contribution in [2.45, 2.75) is 0 Å². The van der Waals surface area contributed by atoms with E-state index in [1.807, 2.05) is 6.07 Å². The van der Waals surface area contributed by atoms with E-state index in [-0.39, 0.29) is 16.9 Å². The number of hydrogen-bond donors (Lipinski definition) is 1. The van der Waals surface area contributed by atoms with Crippen LogP contribution in [0.3, 0.4) is 0 Å². The van der Waals surface area contributed by atoms with Crippen LogP contribution in [0.15, 0.2) is 30.9 Å². The molecule has 0 aliphatic carbocycles. The molecule has 2 rings (SSSR count). The van der Waals surface area contributed by atoms with E-state index in [1.165, 1.54) is 12.4 Å². The predicted molar refractivity (Wildman–Crippen MR) is 59.3 cm³/mol. The fourth-order valence-corrected chi connectivity index (χ4v) is 1.46. The van der Waals surface area contributed by atoms with Gasteiger partial charge in [0.05, 0.1) is 22.5 Å². The maximum atomic E-state index is 10.7. The Kier molecular flexibility index (Phi) is 2.46. The minimum Gasteiger partial charge on any atom is -0.393 e. The van der Waals surface area contributed by atoms with Gasteiger partial charge >= 0.3 is 0 Å². The number of nitrogens with zero attached hydrogens (tertiary/aromatic N) is 4. The summed E-state index contributed by atoms with van der Waals surface area (Å²) in [6.45, 7) is 0. The summed E-state index contributed by atoms with van der Waals surface area (Å²) in [7, 11) is 0. The molecule has 7 heteroatoms. The fourth-order valence-electron chi connectivity index (χ4n) is 1.46. The van der Waals surface area contributed by atoms with Crippen LogP contribution >= 0.6 is 0 Å². The van der Waals surface area contributed by atoms with E-state index >= 15 is 0 Å². The molecule has 0 atom stereocenters. The van der Waals surface area contributed by atoms with Crippen LogP contribution in [0, 0.1) is 21.4 Å². The molecular formula is C10H7N5O2. The van der Waals surface area contributed by atoms with Gasteiger partial charge < -0.3 is 10.3 Å². The Morgan fingerprint density at radius 2 is 2.29 bits per heavy atom. The van der Waals surface area contributed by atoms with Crippen molar-refractivity contribution in [3.05, 3.63) is 46.5 Å². The van der Waals surface area contributed by atoms with Crippen LogP contribution in [0.2, 0.25) is 0 Å². The summed E-state index contributed by atoms with van der Waals surface area (Å²) in [6, 6.07) is 4.44. The Morgan fingerprint density at radius 3 is 2.82 bits per heavy atom. The van der Waals surface area contributed by atoms with Crippen LogP contribution in [-0.4, -0.2) is 14.5 Å². The Labute approximate surface area is 95.9 Å². The van der Waals surface area contributed by atoms with E-state index in [2.05, 4.69) is 4.98 Å².